The molecule has 4 nitrogen and oxygen atoms in total. The fourth-order valence-corrected chi connectivity index (χ4v) is 3.08. The highest BCUT2D eigenvalue weighted by Crippen LogP contribution is 2.30. The first-order valence-electron chi connectivity index (χ1n) is 6.44. The quantitative estimate of drug-likeness (QED) is 0.858. The van der Waals surface area contributed by atoms with Crippen LogP contribution in [0.3, 0.4) is 0 Å². The minimum Gasteiger partial charge on any atom is -0.467 e. The van der Waals surface area contributed by atoms with Gasteiger partial charge in [-0.15, -0.1) is 0 Å². The lowest BCUT2D eigenvalue weighted by Gasteiger charge is -2.14. The lowest BCUT2D eigenvalue weighted by Crippen LogP contribution is -2.28. The van der Waals surface area contributed by atoms with Crippen molar-refractivity contribution in [2.75, 3.05) is 5.75 Å². The van der Waals surface area contributed by atoms with Gasteiger partial charge in [0.1, 0.15) is 5.76 Å². The number of carbonyl (C=O) groups excluding carboxylic acids is 1. The summed E-state index contributed by atoms with van der Waals surface area (Å²) in [5, 5.41) is 1.35. The Kier molecular flexibility index (Phi) is 4.03. The first-order valence-corrected chi connectivity index (χ1v) is 7.81. The second kappa shape index (κ2) is 5.95. The molecule has 21 heavy (non-hydrogen) atoms. The van der Waals surface area contributed by atoms with Gasteiger partial charge >= 0.3 is 0 Å². The molecule has 1 aliphatic heterocycles. The fraction of sp³-hybridized carbons (Fsp3) is 0.200. The Bertz CT molecular complexity index is 698. The van der Waals surface area contributed by atoms with Crippen molar-refractivity contribution < 1.29 is 9.21 Å². The van der Waals surface area contributed by atoms with Gasteiger partial charge in [-0.3, -0.25) is 9.69 Å². The maximum Gasteiger partial charge on any atom is 0.239 e. The van der Waals surface area contributed by atoms with E-state index in [0.717, 1.165) is 17.0 Å². The lowest BCUT2D eigenvalue weighted by atomic mass is 10.2. The van der Waals surface area contributed by atoms with Gasteiger partial charge in [0.2, 0.25) is 5.91 Å². The van der Waals surface area contributed by atoms with Crippen molar-refractivity contribution in [1.82, 2.24) is 4.90 Å². The highest BCUT2D eigenvalue weighted by molar-refractivity contribution is 8.15. The van der Waals surface area contributed by atoms with Gasteiger partial charge in [0, 0.05) is 5.02 Å². The van der Waals surface area contributed by atoms with Crippen LogP contribution in [0.5, 0.6) is 0 Å². The van der Waals surface area contributed by atoms with Gasteiger partial charge < -0.3 is 4.42 Å². The molecule has 1 amide bonds. The third-order valence-electron chi connectivity index (χ3n) is 3.21. The third-order valence-corrected chi connectivity index (χ3v) is 4.58. The van der Waals surface area contributed by atoms with Crippen LogP contribution in [0.15, 0.2) is 46.0 Å². The molecule has 0 bridgehead atoms. The Labute approximate surface area is 131 Å². The summed E-state index contributed by atoms with van der Waals surface area (Å²) < 4.78 is 5.31. The second-order valence-electron chi connectivity index (χ2n) is 4.63. The molecule has 1 aromatic heterocycles. The van der Waals surface area contributed by atoms with E-state index in [1.54, 1.807) is 17.2 Å². The van der Waals surface area contributed by atoms with Gasteiger partial charge in [0.05, 0.1) is 24.2 Å². The number of benzene rings is 1. The molecule has 0 N–H and O–H groups in total. The SMILES string of the molecule is Cc1c(Cl)cccc1N=C1SCC(=O)N1Cc1ccco1. The lowest BCUT2D eigenvalue weighted by molar-refractivity contribution is -0.124. The van der Waals surface area contributed by atoms with Crippen molar-refractivity contribution in [2.24, 2.45) is 4.99 Å². The van der Waals surface area contributed by atoms with Gasteiger partial charge in [-0.1, -0.05) is 29.4 Å². The monoisotopic (exact) mass is 320 g/mol. The Morgan fingerprint density at radius 1 is 1.38 bits per heavy atom. The van der Waals surface area contributed by atoms with E-state index in [1.807, 2.05) is 31.2 Å². The standard InChI is InChI=1S/C15H13ClN2O2S/c1-10-12(16)5-2-6-13(10)17-15-18(14(19)9-21-15)8-11-4-3-7-20-11/h2-7H,8-9H2,1H3. The van der Waals surface area contributed by atoms with E-state index in [0.29, 0.717) is 22.5 Å². The number of hydrogen-bond donors (Lipinski definition) is 0. The second-order valence-corrected chi connectivity index (χ2v) is 5.98. The van der Waals surface area contributed by atoms with Crippen LogP contribution in [-0.4, -0.2) is 21.7 Å². The summed E-state index contributed by atoms with van der Waals surface area (Å²) in [6, 6.07) is 9.23. The number of amides is 1. The van der Waals surface area contributed by atoms with Crippen LogP contribution in [0.4, 0.5) is 5.69 Å². The molecular weight excluding hydrogens is 308 g/mol. The van der Waals surface area contributed by atoms with Crippen molar-refractivity contribution in [2.45, 2.75) is 13.5 Å². The summed E-state index contributed by atoms with van der Waals surface area (Å²) in [5.41, 5.74) is 1.69. The molecule has 108 valence electrons. The number of aliphatic imine (C=N–C) groups is 1. The summed E-state index contributed by atoms with van der Waals surface area (Å²) >= 11 is 7.54. The Hall–Kier alpha value is -1.72. The van der Waals surface area contributed by atoms with E-state index < -0.39 is 0 Å². The molecular formula is C15H13ClN2O2S. The smallest absolute Gasteiger partial charge is 0.239 e. The molecule has 3 rings (SSSR count). The first-order chi connectivity index (χ1) is 10.1. The number of furan rings is 1. The summed E-state index contributed by atoms with van der Waals surface area (Å²) in [6.07, 6.45) is 1.60. The number of thioether (sulfide) groups is 1. The fourth-order valence-electron chi connectivity index (χ4n) is 2.02. The minimum absolute atomic E-state index is 0.0369. The van der Waals surface area contributed by atoms with Gasteiger partial charge in [-0.05, 0) is 36.8 Å². The maximum atomic E-state index is 12.0. The first kappa shape index (κ1) is 14.2. The molecule has 1 saturated heterocycles. The van der Waals surface area contributed by atoms with E-state index in [2.05, 4.69) is 4.99 Å². The molecule has 0 spiro atoms. The molecule has 0 aliphatic carbocycles. The van der Waals surface area contributed by atoms with Crippen molar-refractivity contribution >= 4 is 40.1 Å². The average molecular weight is 321 g/mol. The number of halogens is 1. The van der Waals surface area contributed by atoms with Crippen LogP contribution in [0.1, 0.15) is 11.3 Å². The summed E-state index contributed by atoms with van der Waals surface area (Å²) in [7, 11) is 0. The van der Waals surface area contributed by atoms with Gasteiger partial charge in [-0.2, -0.15) is 0 Å². The molecule has 6 heteroatoms. The molecule has 0 atom stereocenters. The van der Waals surface area contributed by atoms with Gasteiger partial charge in [-0.25, -0.2) is 4.99 Å². The van der Waals surface area contributed by atoms with E-state index in [-0.39, 0.29) is 5.91 Å². The zero-order chi connectivity index (χ0) is 14.8. The Morgan fingerprint density at radius 3 is 3.00 bits per heavy atom. The molecule has 1 aromatic carbocycles. The number of rotatable bonds is 3. The molecule has 1 aliphatic rings. The zero-order valence-electron chi connectivity index (χ0n) is 11.4. The zero-order valence-corrected chi connectivity index (χ0v) is 12.9. The van der Waals surface area contributed by atoms with Crippen LogP contribution in [-0.2, 0) is 11.3 Å². The topological polar surface area (TPSA) is 45.8 Å². The maximum absolute atomic E-state index is 12.0. The number of carbonyl (C=O) groups is 1. The van der Waals surface area contributed by atoms with E-state index in [4.69, 9.17) is 16.0 Å². The molecule has 2 aromatic rings. The molecule has 0 unspecified atom stereocenters. The highest BCUT2D eigenvalue weighted by Gasteiger charge is 2.29. The Balaban J connectivity index is 1.90. The molecule has 0 radical (unpaired) electrons. The van der Waals surface area contributed by atoms with E-state index in [9.17, 15) is 4.79 Å². The Morgan fingerprint density at radius 2 is 2.24 bits per heavy atom. The number of amidine groups is 1. The predicted octanol–water partition coefficient (Wildman–Crippen LogP) is 4.00. The summed E-state index contributed by atoms with van der Waals surface area (Å²) in [4.78, 5) is 18.2. The molecule has 2 heterocycles. The van der Waals surface area contributed by atoms with Crippen LogP contribution >= 0.6 is 23.4 Å². The van der Waals surface area contributed by atoms with Crippen LogP contribution in [0.25, 0.3) is 0 Å². The van der Waals surface area contributed by atoms with Crippen molar-refractivity contribution in [3.63, 3.8) is 0 Å². The van der Waals surface area contributed by atoms with Crippen molar-refractivity contribution in [1.29, 1.82) is 0 Å². The van der Waals surface area contributed by atoms with Crippen LogP contribution < -0.4 is 0 Å². The van der Waals surface area contributed by atoms with E-state index in [1.165, 1.54) is 11.8 Å². The highest BCUT2D eigenvalue weighted by atomic mass is 35.5. The van der Waals surface area contributed by atoms with E-state index >= 15 is 0 Å². The normalized spacial score (nSPS) is 17.0. The van der Waals surface area contributed by atoms with Crippen molar-refractivity contribution in [3.05, 3.63) is 52.9 Å². The predicted molar refractivity (Wildman–Crippen MR) is 85.0 cm³/mol. The third kappa shape index (κ3) is 2.99. The summed E-state index contributed by atoms with van der Waals surface area (Å²) in [5.74, 6) is 1.18. The van der Waals surface area contributed by atoms with Crippen LogP contribution in [0.2, 0.25) is 5.02 Å². The minimum atomic E-state index is 0.0369. The number of hydrogen-bond acceptors (Lipinski definition) is 4. The average Bonchev–Trinajstić information content (AvgIpc) is 3.09. The van der Waals surface area contributed by atoms with Gasteiger partial charge in [0.25, 0.3) is 0 Å². The largest absolute Gasteiger partial charge is 0.467 e. The molecule has 1 fully saturated rings. The molecule has 0 saturated carbocycles. The summed E-state index contributed by atoms with van der Waals surface area (Å²) in [6.45, 7) is 2.32. The van der Waals surface area contributed by atoms with Crippen molar-refractivity contribution in [3.8, 4) is 0 Å². The van der Waals surface area contributed by atoms with Gasteiger partial charge in [0.15, 0.2) is 5.17 Å². The number of nitrogens with zero attached hydrogens (tertiary/aromatic N) is 2. The van der Waals surface area contributed by atoms with Crippen LogP contribution in [0, 0.1) is 6.92 Å².